The van der Waals surface area contributed by atoms with E-state index in [1.807, 2.05) is 141 Å². The van der Waals surface area contributed by atoms with E-state index in [0.29, 0.717) is 52.2 Å². The first-order chi connectivity index (χ1) is 30.8. The number of unbranched alkanes of at least 4 members (excludes halogenated alkanes) is 1. The Morgan fingerprint density at radius 2 is 0.781 bits per heavy atom. The Balaban J connectivity index is 0.000000314. The van der Waals surface area contributed by atoms with Crippen LogP contribution in [0, 0.1) is 0 Å². The Bertz CT molecular complexity index is 2050. The van der Waals surface area contributed by atoms with Gasteiger partial charge < -0.3 is 37.5 Å². The van der Waals surface area contributed by atoms with Crippen LogP contribution in [-0.2, 0) is 47.9 Å². The van der Waals surface area contributed by atoms with Crippen LogP contribution in [-0.4, -0.2) is 61.4 Å². The molecule has 0 aromatic heterocycles. The lowest BCUT2D eigenvalue weighted by molar-refractivity contribution is -0.372. The van der Waals surface area contributed by atoms with E-state index < -0.39 is 0 Å². The normalized spacial score (nSPS) is 9.81. The summed E-state index contributed by atoms with van der Waals surface area (Å²) in [4.78, 5) is 34.7. The van der Waals surface area contributed by atoms with Crippen LogP contribution in [0.3, 0.4) is 0 Å². The van der Waals surface area contributed by atoms with Crippen LogP contribution in [0.2, 0.25) is 0 Å². The molecule has 64 heavy (non-hydrogen) atoms. The van der Waals surface area contributed by atoms with Crippen molar-refractivity contribution in [2.75, 3.05) is 33.0 Å². The van der Waals surface area contributed by atoms with Crippen molar-refractivity contribution in [3.63, 3.8) is 0 Å². The minimum atomic E-state index is -0.198. The summed E-state index contributed by atoms with van der Waals surface area (Å²) in [5.41, 5.74) is 13.5. The van der Waals surface area contributed by atoms with Gasteiger partial charge in [0.1, 0.15) is 13.2 Å². The molecule has 0 heterocycles. The Hall–Kier alpha value is -5.97. The molecular weight excluding hydrogens is 842 g/mol. The summed E-state index contributed by atoms with van der Waals surface area (Å²) in [6.07, 6.45) is 4.30. The minimum absolute atomic E-state index is 0. The highest BCUT2D eigenvalue weighted by molar-refractivity contribution is 7.78. The second-order valence-corrected chi connectivity index (χ2v) is 14.6. The number of hydrogen-bond donors (Lipinski definition) is 2. The average molecular weight is 905 g/mol. The molecular formula is C54H62ClNO7S. The van der Waals surface area contributed by atoms with E-state index in [9.17, 15) is 14.4 Å². The smallest absolute Gasteiger partial charge is 0.310 e. The van der Waals surface area contributed by atoms with Gasteiger partial charge in [0.25, 0.3) is 0 Å². The fraction of sp³-hybridized carbons (Fsp3) is 0.259. The number of halogens is 1. The third kappa shape index (κ3) is 22.4. The van der Waals surface area contributed by atoms with E-state index in [0.717, 1.165) is 59.1 Å². The molecule has 0 radical (unpaired) electrons. The largest absolute Gasteiger partial charge is 1.00 e. The number of carbonyl (C=O) groups is 3. The predicted octanol–water partition coefficient (Wildman–Crippen LogP) is 7.14. The van der Waals surface area contributed by atoms with Crippen molar-refractivity contribution < 1.29 is 51.8 Å². The predicted molar refractivity (Wildman–Crippen MR) is 258 cm³/mol. The summed E-state index contributed by atoms with van der Waals surface area (Å²) < 4.78 is 15.2. The van der Waals surface area contributed by atoms with E-state index in [1.165, 1.54) is 16.7 Å². The van der Waals surface area contributed by atoms with Gasteiger partial charge in [0.2, 0.25) is 0 Å². The summed E-state index contributed by atoms with van der Waals surface area (Å²) in [5.74, 6) is -0.544. The van der Waals surface area contributed by atoms with Gasteiger partial charge in [-0.05, 0) is 81.1 Å². The van der Waals surface area contributed by atoms with Gasteiger partial charge in [-0.25, -0.2) is 0 Å². The molecule has 0 saturated heterocycles. The number of quaternary nitrogens is 1. The van der Waals surface area contributed by atoms with Crippen molar-refractivity contribution in [3.05, 3.63) is 180 Å². The third-order valence-electron chi connectivity index (χ3n) is 9.06. The van der Waals surface area contributed by atoms with Gasteiger partial charge in [-0.3, -0.25) is 14.4 Å². The van der Waals surface area contributed by atoms with Crippen LogP contribution in [0.1, 0.15) is 56.2 Å². The first kappa shape index (κ1) is 54.2. The van der Waals surface area contributed by atoms with Gasteiger partial charge in [0.05, 0.1) is 32.5 Å². The van der Waals surface area contributed by atoms with Crippen LogP contribution in [0.5, 0.6) is 0 Å². The summed E-state index contributed by atoms with van der Waals surface area (Å²) in [7, 11) is 0. The molecule has 6 rings (SSSR count). The topological polar surface area (TPSA) is 127 Å². The maximum Gasteiger partial charge on any atom is 0.310 e. The average Bonchev–Trinajstić information content (AvgIpc) is 3.33. The van der Waals surface area contributed by atoms with Crippen molar-refractivity contribution in [2.24, 2.45) is 0 Å². The van der Waals surface area contributed by atoms with E-state index in [-0.39, 0.29) is 30.3 Å². The maximum absolute atomic E-state index is 11.7. The van der Waals surface area contributed by atoms with Crippen molar-refractivity contribution in [2.45, 2.75) is 58.8 Å². The molecule has 0 bridgehead atoms. The molecule has 0 unspecified atom stereocenters. The molecule has 338 valence electrons. The van der Waals surface area contributed by atoms with Gasteiger partial charge in [0.15, 0.2) is 0 Å². The van der Waals surface area contributed by atoms with Crippen LogP contribution in [0.15, 0.2) is 164 Å². The zero-order valence-electron chi connectivity index (χ0n) is 37.0. The molecule has 6 aromatic carbocycles. The molecule has 0 saturated carbocycles. The van der Waals surface area contributed by atoms with Gasteiger partial charge in [-0.15, -0.1) is 0 Å². The van der Waals surface area contributed by atoms with Crippen molar-refractivity contribution >= 4 is 35.5 Å². The summed E-state index contributed by atoms with van der Waals surface area (Å²) in [6, 6.07) is 54.5. The number of hydrogen-bond acceptors (Lipinski definition) is 8. The quantitative estimate of drug-likeness (QED) is 0.0404. The Morgan fingerprint density at radius 3 is 1.06 bits per heavy atom. The fourth-order valence-electron chi connectivity index (χ4n) is 5.74. The summed E-state index contributed by atoms with van der Waals surface area (Å²) in [6.45, 7) is 6.18. The molecule has 4 N–H and O–H groups in total. The second kappa shape index (κ2) is 33.6. The minimum Gasteiger partial charge on any atom is -1.00 e. The van der Waals surface area contributed by atoms with Crippen molar-refractivity contribution in [1.29, 1.82) is 0 Å². The van der Waals surface area contributed by atoms with Crippen LogP contribution < -0.4 is 18.1 Å². The number of ether oxygens (including phenoxy) is 3. The fourth-order valence-corrected chi connectivity index (χ4v) is 5.91. The summed E-state index contributed by atoms with van der Waals surface area (Å²) in [5, 5.41) is 9.54. The lowest BCUT2D eigenvalue weighted by atomic mass is 10.0. The third-order valence-corrected chi connectivity index (χ3v) is 9.29. The second-order valence-electron chi connectivity index (χ2n) is 14.3. The Morgan fingerprint density at radius 1 is 0.484 bits per heavy atom. The molecule has 0 fully saturated rings. The first-order valence-electron chi connectivity index (χ1n) is 21.5. The molecule has 0 aliphatic carbocycles. The molecule has 0 atom stereocenters. The molecule has 0 spiro atoms. The number of carbonyl (C=O) groups excluding carboxylic acids is 3. The highest BCUT2D eigenvalue weighted by Crippen LogP contribution is 2.22. The Labute approximate surface area is 391 Å². The van der Waals surface area contributed by atoms with E-state index in [2.05, 4.69) is 42.1 Å². The number of benzene rings is 6. The van der Waals surface area contributed by atoms with Crippen LogP contribution in [0.25, 0.3) is 33.4 Å². The highest BCUT2D eigenvalue weighted by Gasteiger charge is 2.07. The maximum atomic E-state index is 11.7. The SMILES string of the molecule is CCCO.CCCOC(=O)Cc1ccc(-c2ccccc2)cc1.O=C(Cc1ccc(-c2ccccc2)cc1)OCCCC=S.[Cl-].[NH3+]CCOC(=O)Cc1ccc(-c2ccccc2)cc1. The van der Waals surface area contributed by atoms with Crippen LogP contribution in [0.4, 0.5) is 0 Å². The summed E-state index contributed by atoms with van der Waals surface area (Å²) >= 11 is 4.72. The number of rotatable bonds is 18. The van der Waals surface area contributed by atoms with E-state index >= 15 is 0 Å². The van der Waals surface area contributed by atoms with Gasteiger partial charge in [-0.2, -0.15) is 0 Å². The first-order valence-corrected chi connectivity index (χ1v) is 22.0. The molecule has 8 nitrogen and oxygen atoms in total. The number of esters is 3. The van der Waals surface area contributed by atoms with Gasteiger partial charge >= 0.3 is 17.9 Å². The van der Waals surface area contributed by atoms with E-state index in [4.69, 9.17) is 31.5 Å². The molecule has 6 aromatic rings. The zero-order chi connectivity index (χ0) is 45.3. The Kier molecular flexibility index (Phi) is 28.4. The number of aliphatic hydroxyl groups is 1. The lowest BCUT2D eigenvalue weighted by Gasteiger charge is -2.05. The molecule has 0 amide bonds. The lowest BCUT2D eigenvalue weighted by Crippen LogP contribution is -3.00. The number of aliphatic hydroxyl groups excluding tert-OH is 1. The van der Waals surface area contributed by atoms with Crippen molar-refractivity contribution in [1.82, 2.24) is 0 Å². The molecule has 0 aliphatic rings. The number of thiocarbonyl (C=S) groups is 1. The molecule has 0 aliphatic heterocycles. The highest BCUT2D eigenvalue weighted by atomic mass is 35.5. The van der Waals surface area contributed by atoms with Gasteiger partial charge in [-0.1, -0.05) is 190 Å². The zero-order valence-corrected chi connectivity index (χ0v) is 38.6. The monoisotopic (exact) mass is 903 g/mol. The van der Waals surface area contributed by atoms with Gasteiger partial charge in [0, 0.05) is 6.61 Å². The van der Waals surface area contributed by atoms with E-state index in [1.54, 1.807) is 5.37 Å². The van der Waals surface area contributed by atoms with Crippen LogP contribution >= 0.6 is 12.2 Å². The van der Waals surface area contributed by atoms with Crippen molar-refractivity contribution in [3.8, 4) is 33.4 Å². The molecule has 10 heteroatoms. The standard InChI is InChI=1S/C18H18O2S.C17H18O2.C16H17NO2.C3H8O.ClH/c19-18(20-12-4-5-13-21)14-15-8-10-17(11-9-15)16-6-2-1-3-7-16;1-2-12-19-17(18)13-14-8-10-16(11-9-14)15-6-4-3-5-7-15;17-10-11-19-16(18)12-13-6-8-15(9-7-13)14-4-2-1-3-5-14;1-2-3-4;/h1-3,6-11,13H,4-5,12,14H2;3-11H,2,12-13H2,1H3;1-9H,10-12,17H2;4H,2-3H2,1H3;1H.